The Morgan fingerprint density at radius 1 is 1.60 bits per heavy atom. The Bertz CT molecular complexity index is 350. The molecule has 0 aromatic rings. The van der Waals surface area contributed by atoms with E-state index >= 15 is 0 Å². The van der Waals surface area contributed by atoms with Gasteiger partial charge in [0.05, 0.1) is 0 Å². The quantitative estimate of drug-likeness (QED) is 0.634. The van der Waals surface area contributed by atoms with E-state index in [4.69, 9.17) is 5.11 Å². The number of aliphatic carboxylic acids is 1. The van der Waals surface area contributed by atoms with Crippen molar-refractivity contribution in [1.82, 2.24) is 10.2 Å². The van der Waals surface area contributed by atoms with E-state index in [-0.39, 0.29) is 5.92 Å². The van der Waals surface area contributed by atoms with Crippen LogP contribution >= 0.6 is 0 Å². The van der Waals surface area contributed by atoms with Gasteiger partial charge >= 0.3 is 12.0 Å². The Morgan fingerprint density at radius 3 is 2.67 bits per heavy atom. The van der Waals surface area contributed by atoms with Gasteiger partial charge in [0, 0.05) is 0 Å². The fourth-order valence-electron chi connectivity index (χ4n) is 1.93. The van der Waals surface area contributed by atoms with Crippen molar-refractivity contribution in [3.05, 3.63) is 0 Å². The van der Waals surface area contributed by atoms with E-state index in [2.05, 4.69) is 5.32 Å². The predicted molar refractivity (Wildman–Crippen MR) is 49.0 cm³/mol. The summed E-state index contributed by atoms with van der Waals surface area (Å²) in [4.78, 5) is 34.5. The summed E-state index contributed by atoms with van der Waals surface area (Å²) in [5.74, 6) is -1.44. The van der Waals surface area contributed by atoms with Crippen LogP contribution in [0.5, 0.6) is 0 Å². The molecule has 1 heterocycles. The zero-order valence-corrected chi connectivity index (χ0v) is 8.32. The Kier molecular flexibility index (Phi) is 1.95. The Balaban J connectivity index is 2.18. The topological polar surface area (TPSA) is 86.7 Å². The molecule has 0 radical (unpaired) electrons. The van der Waals surface area contributed by atoms with Crippen LogP contribution in [0.1, 0.15) is 19.8 Å². The van der Waals surface area contributed by atoms with E-state index in [1.165, 1.54) is 0 Å². The lowest BCUT2D eigenvalue weighted by atomic mass is 9.96. The van der Waals surface area contributed by atoms with Crippen molar-refractivity contribution in [1.29, 1.82) is 0 Å². The third kappa shape index (κ3) is 1.45. The van der Waals surface area contributed by atoms with Gasteiger partial charge in [-0.1, -0.05) is 0 Å². The molecule has 2 N–H and O–H groups in total. The highest BCUT2D eigenvalue weighted by Gasteiger charge is 2.56. The summed E-state index contributed by atoms with van der Waals surface area (Å²) in [6.07, 6.45) is 1.81. The lowest BCUT2D eigenvalue weighted by molar-refractivity contribution is -0.142. The maximum absolute atomic E-state index is 11.8. The summed E-state index contributed by atoms with van der Waals surface area (Å²) in [5.41, 5.74) is -0.882. The number of hydrogen-bond donors (Lipinski definition) is 2. The van der Waals surface area contributed by atoms with Crippen LogP contribution in [0.4, 0.5) is 4.79 Å². The number of hydrogen-bond acceptors (Lipinski definition) is 3. The molecule has 2 fully saturated rings. The fourth-order valence-corrected chi connectivity index (χ4v) is 1.93. The van der Waals surface area contributed by atoms with Crippen LogP contribution in [0.25, 0.3) is 0 Å². The molecule has 6 heteroatoms. The third-order valence-electron chi connectivity index (χ3n) is 2.99. The number of carbonyl (C=O) groups excluding carboxylic acids is 2. The zero-order chi connectivity index (χ0) is 11.2. The SMILES string of the molecule is C[C@@]1(C2CC2)NC(=O)N(CC(=O)O)C1=O. The lowest BCUT2D eigenvalue weighted by Crippen LogP contribution is -2.46. The number of nitrogens with one attached hydrogen (secondary N) is 1. The third-order valence-corrected chi connectivity index (χ3v) is 2.99. The Morgan fingerprint density at radius 2 is 2.20 bits per heavy atom. The molecular formula is C9H12N2O4. The smallest absolute Gasteiger partial charge is 0.325 e. The van der Waals surface area contributed by atoms with Crippen molar-refractivity contribution in [2.75, 3.05) is 6.54 Å². The van der Waals surface area contributed by atoms with Gasteiger partial charge in [0.25, 0.3) is 5.91 Å². The molecule has 0 aromatic heterocycles. The minimum atomic E-state index is -1.18. The van der Waals surface area contributed by atoms with Gasteiger partial charge < -0.3 is 10.4 Å². The first-order valence-corrected chi connectivity index (χ1v) is 4.81. The number of imide groups is 1. The summed E-state index contributed by atoms with van der Waals surface area (Å²) >= 11 is 0. The largest absolute Gasteiger partial charge is 0.480 e. The second kappa shape index (κ2) is 2.95. The molecule has 1 aliphatic heterocycles. The number of carboxylic acids is 1. The van der Waals surface area contributed by atoms with Crippen molar-refractivity contribution >= 4 is 17.9 Å². The highest BCUT2D eigenvalue weighted by molar-refractivity contribution is 6.08. The number of carbonyl (C=O) groups is 3. The normalized spacial score (nSPS) is 30.6. The Labute approximate surface area is 86.2 Å². The first kappa shape index (κ1) is 9.95. The molecule has 2 rings (SSSR count). The molecule has 0 spiro atoms. The van der Waals surface area contributed by atoms with E-state index in [0.717, 1.165) is 17.7 Å². The second-order valence-corrected chi connectivity index (χ2v) is 4.19. The van der Waals surface area contributed by atoms with Crippen molar-refractivity contribution in [2.45, 2.75) is 25.3 Å². The summed E-state index contributed by atoms with van der Waals surface area (Å²) in [6.45, 7) is 1.10. The maximum Gasteiger partial charge on any atom is 0.325 e. The molecule has 2 aliphatic rings. The van der Waals surface area contributed by atoms with Crippen molar-refractivity contribution in [3.63, 3.8) is 0 Å². The summed E-state index contributed by atoms with van der Waals surface area (Å²) in [6, 6.07) is -0.600. The number of nitrogens with zero attached hydrogens (tertiary/aromatic N) is 1. The maximum atomic E-state index is 11.8. The molecular weight excluding hydrogens is 200 g/mol. The van der Waals surface area contributed by atoms with Crippen molar-refractivity contribution in [2.24, 2.45) is 5.92 Å². The molecule has 0 bridgehead atoms. The highest BCUT2D eigenvalue weighted by Crippen LogP contribution is 2.42. The van der Waals surface area contributed by atoms with Gasteiger partial charge in [0.1, 0.15) is 12.1 Å². The van der Waals surface area contributed by atoms with Crippen LogP contribution in [-0.2, 0) is 9.59 Å². The van der Waals surface area contributed by atoms with Crippen LogP contribution in [0.15, 0.2) is 0 Å². The zero-order valence-electron chi connectivity index (χ0n) is 8.32. The summed E-state index contributed by atoms with van der Waals surface area (Å²) in [7, 11) is 0. The van der Waals surface area contributed by atoms with Gasteiger partial charge in [-0.05, 0) is 25.7 Å². The van der Waals surface area contributed by atoms with Crippen LogP contribution in [0.2, 0.25) is 0 Å². The van der Waals surface area contributed by atoms with Crippen molar-refractivity contribution in [3.8, 4) is 0 Å². The predicted octanol–water partition coefficient (Wildman–Crippen LogP) is -0.209. The number of carboxylic acid groups (broad SMARTS) is 1. The molecule has 0 aromatic carbocycles. The number of urea groups is 1. The van der Waals surface area contributed by atoms with Gasteiger partial charge in [0.2, 0.25) is 0 Å². The first-order chi connectivity index (χ1) is 6.95. The van der Waals surface area contributed by atoms with E-state index < -0.39 is 30.0 Å². The molecule has 1 saturated carbocycles. The van der Waals surface area contributed by atoms with Gasteiger partial charge in [-0.15, -0.1) is 0 Å². The van der Waals surface area contributed by atoms with Crippen molar-refractivity contribution < 1.29 is 19.5 Å². The van der Waals surface area contributed by atoms with E-state index in [0.29, 0.717) is 0 Å². The lowest BCUT2D eigenvalue weighted by Gasteiger charge is -2.20. The van der Waals surface area contributed by atoms with Gasteiger partial charge in [0.15, 0.2) is 0 Å². The molecule has 6 nitrogen and oxygen atoms in total. The van der Waals surface area contributed by atoms with E-state index in [9.17, 15) is 14.4 Å². The summed E-state index contributed by atoms with van der Waals surface area (Å²) < 4.78 is 0. The van der Waals surface area contributed by atoms with Crippen LogP contribution < -0.4 is 5.32 Å². The minimum Gasteiger partial charge on any atom is -0.480 e. The van der Waals surface area contributed by atoms with Crippen LogP contribution in [0, 0.1) is 5.92 Å². The standard InChI is InChI=1S/C9H12N2O4/c1-9(5-2-3-5)7(14)11(4-6(12)13)8(15)10-9/h5H,2-4H2,1H3,(H,10,15)(H,12,13)/t9-/m0/s1. The monoisotopic (exact) mass is 212 g/mol. The Hall–Kier alpha value is -1.59. The average Bonchev–Trinajstić information content (AvgIpc) is 2.92. The first-order valence-electron chi connectivity index (χ1n) is 4.81. The second-order valence-electron chi connectivity index (χ2n) is 4.19. The van der Waals surface area contributed by atoms with E-state index in [1.54, 1.807) is 6.92 Å². The van der Waals surface area contributed by atoms with Crippen LogP contribution in [0.3, 0.4) is 0 Å². The molecule has 1 aliphatic carbocycles. The van der Waals surface area contributed by atoms with E-state index in [1.807, 2.05) is 0 Å². The number of rotatable bonds is 3. The van der Waals surface area contributed by atoms with Gasteiger partial charge in [-0.3, -0.25) is 14.5 Å². The fraction of sp³-hybridized carbons (Fsp3) is 0.667. The molecule has 3 amide bonds. The molecule has 0 unspecified atom stereocenters. The molecule has 1 saturated heterocycles. The van der Waals surface area contributed by atoms with Gasteiger partial charge in [-0.2, -0.15) is 0 Å². The molecule has 15 heavy (non-hydrogen) atoms. The van der Waals surface area contributed by atoms with Crippen LogP contribution in [-0.4, -0.2) is 40.0 Å². The molecule has 1 atom stereocenters. The molecule has 82 valence electrons. The minimum absolute atomic E-state index is 0.160. The highest BCUT2D eigenvalue weighted by atomic mass is 16.4. The summed E-state index contributed by atoms with van der Waals surface area (Å²) in [5, 5.41) is 11.1. The van der Waals surface area contributed by atoms with Gasteiger partial charge in [-0.25, -0.2) is 4.79 Å². The number of amides is 3. The average molecular weight is 212 g/mol.